The number of nitrogens with zero attached hydrogens (tertiary/aromatic N) is 5. The lowest BCUT2D eigenvalue weighted by atomic mass is 9.90. The molecule has 0 unspecified atom stereocenters. The van der Waals surface area contributed by atoms with Crippen LogP contribution >= 0.6 is 0 Å². The molecule has 0 saturated carbocycles. The molecule has 0 aliphatic carbocycles. The first-order valence-electron chi connectivity index (χ1n) is 9.92. The highest BCUT2D eigenvalue weighted by atomic mass is 16.5. The summed E-state index contributed by atoms with van der Waals surface area (Å²) < 4.78 is 8.20. The van der Waals surface area contributed by atoms with E-state index in [1.807, 2.05) is 17.7 Å². The van der Waals surface area contributed by atoms with Gasteiger partial charge in [0.05, 0.1) is 24.4 Å². The molecule has 2 aliphatic heterocycles. The van der Waals surface area contributed by atoms with Crippen LogP contribution in [0.2, 0.25) is 0 Å². The van der Waals surface area contributed by atoms with Crippen LogP contribution in [0.3, 0.4) is 0 Å². The highest BCUT2D eigenvalue weighted by Gasteiger charge is 2.40. The molecule has 1 amide bonds. The van der Waals surface area contributed by atoms with Crippen molar-refractivity contribution in [2.24, 2.45) is 0 Å². The lowest BCUT2D eigenvalue weighted by molar-refractivity contribution is -0.106. The van der Waals surface area contributed by atoms with Crippen LogP contribution in [0.25, 0.3) is 0 Å². The van der Waals surface area contributed by atoms with E-state index >= 15 is 0 Å². The zero-order valence-corrected chi connectivity index (χ0v) is 17.0. The average Bonchev–Trinajstić information content (AvgIpc) is 3.10. The second-order valence-electron chi connectivity index (χ2n) is 8.11. The molecule has 2 aliphatic rings. The number of carbonyl (C=O) groups is 1. The Morgan fingerprint density at radius 3 is 2.68 bits per heavy atom. The van der Waals surface area contributed by atoms with Crippen molar-refractivity contribution in [3.05, 3.63) is 34.9 Å². The van der Waals surface area contributed by atoms with Gasteiger partial charge in [0.1, 0.15) is 0 Å². The van der Waals surface area contributed by atoms with E-state index in [9.17, 15) is 4.79 Å². The van der Waals surface area contributed by atoms with Gasteiger partial charge in [0.25, 0.3) is 5.91 Å². The third kappa shape index (κ3) is 3.48. The van der Waals surface area contributed by atoms with Crippen molar-refractivity contribution in [2.75, 3.05) is 25.0 Å². The highest BCUT2D eigenvalue weighted by molar-refractivity contribution is 5.92. The van der Waals surface area contributed by atoms with Crippen LogP contribution in [-0.2, 0) is 17.9 Å². The third-order valence-electron chi connectivity index (χ3n) is 5.70. The Bertz CT molecular complexity index is 883. The number of hydrogen-bond donors (Lipinski definition) is 1. The first-order chi connectivity index (χ1) is 13.4. The van der Waals surface area contributed by atoms with E-state index in [4.69, 9.17) is 9.72 Å². The van der Waals surface area contributed by atoms with Crippen LogP contribution in [0.5, 0.6) is 0 Å². The van der Waals surface area contributed by atoms with Gasteiger partial charge in [-0.15, -0.1) is 0 Å². The summed E-state index contributed by atoms with van der Waals surface area (Å²) in [7, 11) is 1.62. The van der Waals surface area contributed by atoms with Crippen molar-refractivity contribution < 1.29 is 9.53 Å². The van der Waals surface area contributed by atoms with Gasteiger partial charge < -0.3 is 15.0 Å². The van der Waals surface area contributed by atoms with Gasteiger partial charge in [-0.1, -0.05) is 13.8 Å². The molecule has 0 aromatic carbocycles. The van der Waals surface area contributed by atoms with Crippen LogP contribution < -0.4 is 10.2 Å². The Balaban J connectivity index is 1.47. The molecule has 4 rings (SSSR count). The molecular formula is C20H28N6O2. The smallest absolute Gasteiger partial charge is 0.271 e. The summed E-state index contributed by atoms with van der Waals surface area (Å²) >= 11 is 0. The highest BCUT2D eigenvalue weighted by Crippen LogP contribution is 2.34. The first-order valence-corrected chi connectivity index (χ1v) is 9.92. The maximum Gasteiger partial charge on any atom is 0.271 e. The Morgan fingerprint density at radius 1 is 1.25 bits per heavy atom. The summed E-state index contributed by atoms with van der Waals surface area (Å²) in [6.45, 7) is 9.19. The number of rotatable bonds is 3. The number of aromatic nitrogens is 4. The maximum absolute atomic E-state index is 11.9. The molecule has 2 aromatic rings. The predicted molar refractivity (Wildman–Crippen MR) is 105 cm³/mol. The minimum Gasteiger partial charge on any atom is -0.367 e. The summed E-state index contributed by atoms with van der Waals surface area (Å²) in [6.07, 6.45) is 1.77. The molecule has 28 heavy (non-hydrogen) atoms. The van der Waals surface area contributed by atoms with Crippen molar-refractivity contribution in [3.63, 3.8) is 0 Å². The summed E-state index contributed by atoms with van der Waals surface area (Å²) in [5.74, 6) is 1.03. The number of aryl methyl sites for hydroxylation is 1. The number of fused-ring (bicyclic) bond motifs is 1. The lowest BCUT2D eigenvalue weighted by Gasteiger charge is -2.43. The Hall–Kier alpha value is -2.48. The molecule has 8 heteroatoms. The van der Waals surface area contributed by atoms with Crippen molar-refractivity contribution in [1.29, 1.82) is 0 Å². The zero-order valence-electron chi connectivity index (χ0n) is 17.0. The number of anilines is 1. The summed E-state index contributed by atoms with van der Waals surface area (Å²) in [5.41, 5.74) is 3.26. The molecule has 1 spiro atoms. The van der Waals surface area contributed by atoms with Crippen LogP contribution in [-0.4, -0.2) is 51.4 Å². The quantitative estimate of drug-likeness (QED) is 0.872. The van der Waals surface area contributed by atoms with Crippen LogP contribution in [0.1, 0.15) is 60.2 Å². The number of amides is 1. The van der Waals surface area contributed by atoms with Crippen molar-refractivity contribution >= 4 is 11.9 Å². The van der Waals surface area contributed by atoms with Gasteiger partial charge in [-0.2, -0.15) is 5.10 Å². The van der Waals surface area contributed by atoms with Crippen LogP contribution in [0.15, 0.2) is 12.1 Å². The van der Waals surface area contributed by atoms with E-state index in [1.54, 1.807) is 7.05 Å². The minimum absolute atomic E-state index is 0.164. The SMILES string of the molecule is CNC(=O)c1cc2n(n1)CC1(CCN(c3nc(C)cc(C(C)C)n3)CC1)OC2. The van der Waals surface area contributed by atoms with E-state index in [2.05, 4.69) is 40.2 Å². The van der Waals surface area contributed by atoms with Gasteiger partial charge in [-0.25, -0.2) is 9.97 Å². The van der Waals surface area contributed by atoms with E-state index in [0.29, 0.717) is 24.8 Å². The number of piperidine rings is 1. The fraction of sp³-hybridized carbons (Fsp3) is 0.600. The Morgan fingerprint density at radius 2 is 2.00 bits per heavy atom. The molecule has 1 N–H and O–H groups in total. The molecule has 4 heterocycles. The topological polar surface area (TPSA) is 85.2 Å². The van der Waals surface area contributed by atoms with Crippen molar-refractivity contribution in [1.82, 2.24) is 25.1 Å². The molecule has 1 saturated heterocycles. The third-order valence-corrected chi connectivity index (χ3v) is 5.70. The second-order valence-corrected chi connectivity index (χ2v) is 8.11. The van der Waals surface area contributed by atoms with Crippen LogP contribution in [0.4, 0.5) is 5.95 Å². The fourth-order valence-corrected chi connectivity index (χ4v) is 3.92. The molecular weight excluding hydrogens is 356 g/mol. The molecule has 0 radical (unpaired) electrons. The second kappa shape index (κ2) is 7.16. The molecule has 150 valence electrons. The minimum atomic E-state index is -0.236. The molecule has 2 aromatic heterocycles. The fourth-order valence-electron chi connectivity index (χ4n) is 3.92. The lowest BCUT2D eigenvalue weighted by Crippen LogP contribution is -2.51. The molecule has 8 nitrogen and oxygen atoms in total. The molecule has 1 fully saturated rings. The summed E-state index contributed by atoms with van der Waals surface area (Å²) in [6, 6.07) is 3.88. The van der Waals surface area contributed by atoms with Gasteiger partial charge >= 0.3 is 0 Å². The average molecular weight is 384 g/mol. The zero-order chi connectivity index (χ0) is 19.9. The first kappa shape index (κ1) is 18.9. The van der Waals surface area contributed by atoms with Gasteiger partial charge in [-0.05, 0) is 37.8 Å². The molecule has 0 bridgehead atoms. The number of hydrogen-bond acceptors (Lipinski definition) is 6. The number of nitrogens with one attached hydrogen (secondary N) is 1. The van der Waals surface area contributed by atoms with E-state index < -0.39 is 0 Å². The Kier molecular flexibility index (Phi) is 4.82. The van der Waals surface area contributed by atoms with Gasteiger partial charge in [0.15, 0.2) is 5.69 Å². The van der Waals surface area contributed by atoms with Crippen molar-refractivity contribution in [3.8, 4) is 0 Å². The van der Waals surface area contributed by atoms with Gasteiger partial charge in [0.2, 0.25) is 5.95 Å². The largest absolute Gasteiger partial charge is 0.367 e. The normalized spacial score (nSPS) is 18.4. The van der Waals surface area contributed by atoms with Gasteiger partial charge in [-0.3, -0.25) is 9.48 Å². The predicted octanol–water partition coefficient (Wildman–Crippen LogP) is 2.03. The van der Waals surface area contributed by atoms with Crippen molar-refractivity contribution in [2.45, 2.75) is 58.3 Å². The van der Waals surface area contributed by atoms with Gasteiger partial charge in [0, 0.05) is 31.5 Å². The van der Waals surface area contributed by atoms with E-state index in [1.165, 1.54) is 0 Å². The summed E-state index contributed by atoms with van der Waals surface area (Å²) in [4.78, 5) is 23.5. The standard InChI is InChI=1S/C20H28N6O2/c1-13(2)16-9-14(3)22-19(23-16)25-7-5-20(6-8-25)12-26-15(11-28-20)10-17(24-26)18(27)21-4/h9-10,13H,5-8,11-12H2,1-4H3,(H,21,27). The maximum atomic E-state index is 11.9. The number of carbonyl (C=O) groups excluding carboxylic acids is 1. The van der Waals surface area contributed by atoms with E-state index in [0.717, 1.165) is 49.0 Å². The molecule has 0 atom stereocenters. The van der Waals surface area contributed by atoms with Crippen LogP contribution in [0, 0.1) is 6.92 Å². The summed E-state index contributed by atoms with van der Waals surface area (Å²) in [5, 5.41) is 7.10. The number of ether oxygens (including phenoxy) is 1. The van der Waals surface area contributed by atoms with E-state index in [-0.39, 0.29) is 11.5 Å². The monoisotopic (exact) mass is 384 g/mol. The Labute approximate surface area is 165 Å².